The van der Waals surface area contributed by atoms with E-state index in [1.54, 1.807) is 10.0 Å². The third-order valence-electron chi connectivity index (χ3n) is 2.28. The molecule has 0 aromatic carbocycles. The third-order valence-corrected chi connectivity index (χ3v) is 6.40. The van der Waals surface area contributed by atoms with Crippen molar-refractivity contribution in [3.8, 4) is 0 Å². The predicted molar refractivity (Wildman–Crippen MR) is 34.9 cm³/mol. The molecule has 1 aliphatic heterocycles. The number of fused-ring (bicyclic) bond motifs is 1. The Morgan fingerprint density at radius 3 is 2.89 bits per heavy atom. The first kappa shape index (κ1) is 6.20. The van der Waals surface area contributed by atoms with Crippen LogP contribution < -0.4 is 21.2 Å². The topological polar surface area (TPSA) is 0 Å². The van der Waals surface area contributed by atoms with Crippen molar-refractivity contribution in [2.75, 3.05) is 4.43 Å². The van der Waals surface area contributed by atoms with Gasteiger partial charge in [0.25, 0.3) is 0 Å². The quantitative estimate of drug-likeness (QED) is 0.379. The van der Waals surface area contributed by atoms with Crippen molar-refractivity contribution in [1.82, 2.24) is 0 Å². The molecule has 9 heavy (non-hydrogen) atoms. The van der Waals surface area contributed by atoms with Gasteiger partial charge in [-0.2, -0.15) is 0 Å². The van der Waals surface area contributed by atoms with Gasteiger partial charge in [0.2, 0.25) is 0 Å². The van der Waals surface area contributed by atoms with Gasteiger partial charge in [-0.05, 0) is 0 Å². The molecule has 0 bridgehead atoms. The molecule has 2 rings (SSSR count). The second-order valence-electron chi connectivity index (χ2n) is 3.01. The number of allylic oxidation sites excluding steroid dienone is 2. The molecule has 0 saturated carbocycles. The molecule has 1 heteroatoms. The Bertz CT molecular complexity index is 158. The summed E-state index contributed by atoms with van der Waals surface area (Å²) >= 11 is 0.569. The van der Waals surface area contributed by atoms with Crippen molar-refractivity contribution in [1.29, 1.82) is 0 Å². The van der Waals surface area contributed by atoms with Gasteiger partial charge in [-0.25, -0.2) is 0 Å². The number of hydrogen-bond acceptors (Lipinski definition) is 0. The summed E-state index contributed by atoms with van der Waals surface area (Å²) in [6.45, 7) is 2.35. The van der Waals surface area contributed by atoms with Crippen molar-refractivity contribution < 1.29 is 21.2 Å². The molecule has 2 aliphatic rings. The summed E-state index contributed by atoms with van der Waals surface area (Å²) in [5, 5.41) is 0. The molecule has 0 amide bonds. The molecule has 1 atom stereocenters. The van der Waals surface area contributed by atoms with E-state index < -0.39 is 0 Å². The minimum absolute atomic E-state index is 0.569. The van der Waals surface area contributed by atoms with Crippen molar-refractivity contribution >= 4 is 0 Å². The molecule has 1 saturated heterocycles. The van der Waals surface area contributed by atoms with Crippen LogP contribution in [0.15, 0.2) is 9.15 Å². The Morgan fingerprint density at radius 1 is 1.56 bits per heavy atom. The first-order valence-corrected chi connectivity index (χ1v) is 6.27. The fourth-order valence-electron chi connectivity index (χ4n) is 1.66. The summed E-state index contributed by atoms with van der Waals surface area (Å²) in [5.41, 5.74) is 1.77. The van der Waals surface area contributed by atoms with Crippen molar-refractivity contribution in [3.05, 3.63) is 9.15 Å². The molecule has 1 fully saturated rings. The summed E-state index contributed by atoms with van der Waals surface area (Å²) in [5.74, 6) is 1.09. The second-order valence-corrected chi connectivity index (χ2v) is 5.81. The molecular weight excluding hydrogens is 223 g/mol. The molecule has 0 spiro atoms. The Hall–Kier alpha value is 0.470. The van der Waals surface area contributed by atoms with Crippen LogP contribution >= 0.6 is 0 Å². The number of alkyl halides is 1. The van der Waals surface area contributed by atoms with E-state index in [-0.39, 0.29) is 0 Å². The summed E-state index contributed by atoms with van der Waals surface area (Å²) in [6, 6.07) is 0. The van der Waals surface area contributed by atoms with Crippen LogP contribution in [0.2, 0.25) is 0 Å². The van der Waals surface area contributed by atoms with Gasteiger partial charge in [-0.1, -0.05) is 0 Å². The van der Waals surface area contributed by atoms with Gasteiger partial charge in [0.15, 0.2) is 0 Å². The van der Waals surface area contributed by atoms with E-state index in [2.05, 4.69) is 6.92 Å². The normalized spacial score (nSPS) is 34.6. The van der Waals surface area contributed by atoms with Crippen LogP contribution in [0, 0.1) is 5.92 Å². The van der Waals surface area contributed by atoms with E-state index in [1.807, 2.05) is 3.58 Å². The third kappa shape index (κ3) is 0.935. The SMILES string of the molecule is CC1=C2[I-]C[C@@H]2CCC1. The van der Waals surface area contributed by atoms with Gasteiger partial charge >= 0.3 is 66.9 Å². The van der Waals surface area contributed by atoms with Crippen LogP contribution in [-0.4, -0.2) is 4.43 Å². The molecule has 0 aromatic heterocycles. The molecule has 1 aliphatic carbocycles. The standard InChI is InChI=1S/C8H12I/c1-6-3-2-4-7-5-9-8(6)7/h7H,2-5H2,1H3/q-1/t7-/m0/s1. The van der Waals surface area contributed by atoms with Gasteiger partial charge in [-0.15, -0.1) is 0 Å². The van der Waals surface area contributed by atoms with Gasteiger partial charge in [-0.3, -0.25) is 0 Å². The van der Waals surface area contributed by atoms with Gasteiger partial charge in [0.1, 0.15) is 0 Å². The molecule has 0 aromatic rings. The van der Waals surface area contributed by atoms with Crippen molar-refractivity contribution in [2.24, 2.45) is 5.92 Å². The average Bonchev–Trinajstić information content (AvgIpc) is 1.74. The molecule has 0 unspecified atom stereocenters. The van der Waals surface area contributed by atoms with Crippen molar-refractivity contribution in [3.63, 3.8) is 0 Å². The summed E-state index contributed by atoms with van der Waals surface area (Å²) < 4.78 is 3.53. The van der Waals surface area contributed by atoms with E-state index in [4.69, 9.17) is 0 Å². The van der Waals surface area contributed by atoms with Gasteiger partial charge in [0.05, 0.1) is 0 Å². The fourth-order valence-corrected chi connectivity index (χ4v) is 4.84. The van der Waals surface area contributed by atoms with E-state index >= 15 is 0 Å². The van der Waals surface area contributed by atoms with E-state index in [0.717, 1.165) is 5.92 Å². The summed E-state index contributed by atoms with van der Waals surface area (Å²) in [4.78, 5) is 0. The molecule has 1 heterocycles. The summed E-state index contributed by atoms with van der Waals surface area (Å²) in [6.07, 6.45) is 4.42. The van der Waals surface area contributed by atoms with E-state index in [1.165, 1.54) is 19.3 Å². The number of halogens is 1. The van der Waals surface area contributed by atoms with Crippen molar-refractivity contribution in [2.45, 2.75) is 26.2 Å². The van der Waals surface area contributed by atoms with E-state index in [9.17, 15) is 0 Å². The zero-order valence-corrected chi connectivity index (χ0v) is 7.94. The predicted octanol–water partition coefficient (Wildman–Crippen LogP) is -0.837. The maximum atomic E-state index is 2.35. The average molecular weight is 235 g/mol. The molecule has 52 valence electrons. The number of rotatable bonds is 0. The molecule has 0 radical (unpaired) electrons. The first-order chi connectivity index (χ1) is 4.38. The first-order valence-electron chi connectivity index (χ1n) is 3.66. The van der Waals surface area contributed by atoms with Gasteiger partial charge in [0, 0.05) is 0 Å². The zero-order chi connectivity index (χ0) is 6.27. The Morgan fingerprint density at radius 2 is 2.44 bits per heavy atom. The Kier molecular flexibility index (Phi) is 1.55. The van der Waals surface area contributed by atoms with Crippen LogP contribution in [0.3, 0.4) is 0 Å². The van der Waals surface area contributed by atoms with Gasteiger partial charge < -0.3 is 0 Å². The molecule has 0 N–H and O–H groups in total. The second kappa shape index (κ2) is 2.26. The summed E-state index contributed by atoms with van der Waals surface area (Å²) in [7, 11) is 0. The zero-order valence-electron chi connectivity index (χ0n) is 5.78. The van der Waals surface area contributed by atoms with E-state index in [0.29, 0.717) is 21.2 Å². The number of hydrogen-bond donors (Lipinski definition) is 0. The Labute approximate surface area is 67.0 Å². The monoisotopic (exact) mass is 235 g/mol. The van der Waals surface area contributed by atoms with Crippen LogP contribution in [0.25, 0.3) is 0 Å². The minimum atomic E-state index is 0.569. The molecular formula is C8H12I-. The molecule has 0 nitrogen and oxygen atoms in total. The Balaban J connectivity index is 2.22. The van der Waals surface area contributed by atoms with Crippen LogP contribution in [0.1, 0.15) is 26.2 Å². The van der Waals surface area contributed by atoms with Crippen LogP contribution in [0.4, 0.5) is 0 Å². The van der Waals surface area contributed by atoms with Crippen LogP contribution in [0.5, 0.6) is 0 Å². The fraction of sp³-hybridized carbons (Fsp3) is 0.750. The maximum absolute atomic E-state index is 2.35. The van der Waals surface area contributed by atoms with Crippen LogP contribution in [-0.2, 0) is 0 Å².